The van der Waals surface area contributed by atoms with Crippen molar-refractivity contribution in [2.75, 3.05) is 7.11 Å². The van der Waals surface area contributed by atoms with Crippen LogP contribution in [0, 0.1) is 5.41 Å². The average molecular weight is 330 g/mol. The molecule has 0 radical (unpaired) electrons. The second kappa shape index (κ2) is 6.45. The second-order valence-electron chi connectivity index (χ2n) is 6.98. The molecule has 118 valence electrons. The molecule has 2 nitrogen and oxygen atoms in total. The van der Waals surface area contributed by atoms with Gasteiger partial charge in [-0.25, -0.2) is 0 Å². The van der Waals surface area contributed by atoms with Crippen LogP contribution in [0.3, 0.4) is 0 Å². The molecule has 1 atom stereocenters. The van der Waals surface area contributed by atoms with Gasteiger partial charge in [0, 0.05) is 23.2 Å². The molecule has 0 aromatic heterocycles. The molecule has 1 aliphatic carbocycles. The van der Waals surface area contributed by atoms with Crippen LogP contribution in [0.1, 0.15) is 45.1 Å². The number of nitrogens with two attached hydrogens (primary N) is 1. The molecular weight excluding hydrogens is 305 g/mol. The SMILES string of the molecule is COC1(C(N)Cc2cc(Cl)ccc2Cl)CCC(C)(C)CC1. The minimum absolute atomic E-state index is 0.0745. The number of hydrogen-bond donors (Lipinski definition) is 1. The maximum absolute atomic E-state index is 6.51. The summed E-state index contributed by atoms with van der Waals surface area (Å²) in [5.41, 5.74) is 7.64. The Balaban J connectivity index is 2.14. The topological polar surface area (TPSA) is 35.2 Å². The monoisotopic (exact) mass is 329 g/mol. The number of benzene rings is 1. The molecule has 0 amide bonds. The van der Waals surface area contributed by atoms with Crippen molar-refractivity contribution in [3.8, 4) is 0 Å². The van der Waals surface area contributed by atoms with Crippen LogP contribution < -0.4 is 5.73 Å². The lowest BCUT2D eigenvalue weighted by Gasteiger charge is -2.46. The zero-order valence-electron chi connectivity index (χ0n) is 13.1. The van der Waals surface area contributed by atoms with E-state index in [0.717, 1.165) is 36.3 Å². The number of methoxy groups -OCH3 is 1. The van der Waals surface area contributed by atoms with Crippen LogP contribution in [0.15, 0.2) is 18.2 Å². The van der Waals surface area contributed by atoms with Gasteiger partial charge in [0.15, 0.2) is 0 Å². The highest BCUT2D eigenvalue weighted by Crippen LogP contribution is 2.43. The average Bonchev–Trinajstić information content (AvgIpc) is 2.43. The highest BCUT2D eigenvalue weighted by Gasteiger charge is 2.42. The summed E-state index contributed by atoms with van der Waals surface area (Å²) in [5, 5.41) is 1.41. The molecule has 0 saturated heterocycles. The van der Waals surface area contributed by atoms with E-state index in [9.17, 15) is 0 Å². The summed E-state index contributed by atoms with van der Waals surface area (Å²) in [6.45, 7) is 4.62. The minimum Gasteiger partial charge on any atom is -0.377 e. The van der Waals surface area contributed by atoms with Crippen molar-refractivity contribution in [2.24, 2.45) is 11.1 Å². The first-order chi connectivity index (χ1) is 9.78. The van der Waals surface area contributed by atoms with E-state index in [2.05, 4.69) is 13.8 Å². The van der Waals surface area contributed by atoms with Crippen LogP contribution in [0.5, 0.6) is 0 Å². The summed E-state index contributed by atoms with van der Waals surface area (Å²) >= 11 is 12.3. The van der Waals surface area contributed by atoms with E-state index >= 15 is 0 Å². The Morgan fingerprint density at radius 2 is 1.81 bits per heavy atom. The fraction of sp³-hybridized carbons (Fsp3) is 0.647. The first-order valence-corrected chi connectivity index (χ1v) is 8.28. The van der Waals surface area contributed by atoms with Crippen molar-refractivity contribution in [3.63, 3.8) is 0 Å². The summed E-state index contributed by atoms with van der Waals surface area (Å²) in [6.07, 6.45) is 4.95. The van der Waals surface area contributed by atoms with Crippen LogP contribution in [0.2, 0.25) is 10.0 Å². The van der Waals surface area contributed by atoms with E-state index in [1.54, 1.807) is 13.2 Å². The van der Waals surface area contributed by atoms with Crippen LogP contribution >= 0.6 is 23.2 Å². The summed E-state index contributed by atoms with van der Waals surface area (Å²) in [4.78, 5) is 0. The van der Waals surface area contributed by atoms with E-state index in [1.165, 1.54) is 0 Å². The highest BCUT2D eigenvalue weighted by molar-refractivity contribution is 6.33. The summed E-state index contributed by atoms with van der Waals surface area (Å²) in [6, 6.07) is 5.46. The fourth-order valence-corrected chi connectivity index (χ4v) is 3.59. The Morgan fingerprint density at radius 1 is 1.19 bits per heavy atom. The van der Waals surface area contributed by atoms with Gasteiger partial charge in [-0.15, -0.1) is 0 Å². The normalized spacial score (nSPS) is 22.0. The standard InChI is InChI=1S/C17H25Cl2NO/c1-16(2)6-8-17(21-3,9-7-16)15(20)11-12-10-13(18)4-5-14(12)19/h4-5,10,15H,6-9,11,20H2,1-3H3. The quantitative estimate of drug-likeness (QED) is 0.856. The zero-order chi connectivity index (χ0) is 15.7. The molecule has 1 saturated carbocycles. The van der Waals surface area contributed by atoms with Crippen molar-refractivity contribution in [1.29, 1.82) is 0 Å². The fourth-order valence-electron chi connectivity index (χ4n) is 3.20. The molecule has 1 fully saturated rings. The van der Waals surface area contributed by atoms with Gasteiger partial charge in [0.25, 0.3) is 0 Å². The Hall–Kier alpha value is -0.280. The first-order valence-electron chi connectivity index (χ1n) is 7.53. The van der Waals surface area contributed by atoms with E-state index in [-0.39, 0.29) is 11.6 Å². The molecule has 1 unspecified atom stereocenters. The highest BCUT2D eigenvalue weighted by atomic mass is 35.5. The molecule has 2 N–H and O–H groups in total. The molecule has 1 aliphatic rings. The molecule has 0 spiro atoms. The van der Waals surface area contributed by atoms with E-state index in [4.69, 9.17) is 33.7 Å². The van der Waals surface area contributed by atoms with Gasteiger partial charge in [-0.2, -0.15) is 0 Å². The molecule has 0 heterocycles. The van der Waals surface area contributed by atoms with Gasteiger partial charge in [0.05, 0.1) is 5.60 Å². The Kier molecular flexibility index (Phi) is 5.25. The van der Waals surface area contributed by atoms with Crippen LogP contribution in [0.25, 0.3) is 0 Å². The molecular formula is C17H25Cl2NO. The second-order valence-corrected chi connectivity index (χ2v) is 7.82. The van der Waals surface area contributed by atoms with Crippen molar-refractivity contribution in [3.05, 3.63) is 33.8 Å². The van der Waals surface area contributed by atoms with E-state index in [1.807, 2.05) is 12.1 Å². The van der Waals surface area contributed by atoms with Gasteiger partial charge in [-0.1, -0.05) is 37.0 Å². The molecule has 0 aliphatic heterocycles. The predicted molar refractivity (Wildman–Crippen MR) is 90.1 cm³/mol. The third-order valence-electron chi connectivity index (χ3n) is 4.98. The third kappa shape index (κ3) is 3.92. The summed E-state index contributed by atoms with van der Waals surface area (Å²) in [5.74, 6) is 0. The number of halogens is 2. The van der Waals surface area contributed by atoms with Gasteiger partial charge >= 0.3 is 0 Å². The molecule has 1 aromatic carbocycles. The van der Waals surface area contributed by atoms with Gasteiger partial charge < -0.3 is 10.5 Å². The van der Waals surface area contributed by atoms with E-state index < -0.39 is 0 Å². The van der Waals surface area contributed by atoms with E-state index in [0.29, 0.717) is 16.9 Å². The lowest BCUT2D eigenvalue weighted by Crippen LogP contribution is -2.53. The molecule has 4 heteroatoms. The molecule has 0 bridgehead atoms. The maximum atomic E-state index is 6.51. The summed E-state index contributed by atoms with van der Waals surface area (Å²) in [7, 11) is 1.78. The van der Waals surface area contributed by atoms with Crippen LogP contribution in [0.4, 0.5) is 0 Å². The van der Waals surface area contributed by atoms with Gasteiger partial charge in [0.1, 0.15) is 0 Å². The van der Waals surface area contributed by atoms with Crippen molar-refractivity contribution < 1.29 is 4.74 Å². The third-order valence-corrected chi connectivity index (χ3v) is 5.58. The first kappa shape index (κ1) is 17.1. The predicted octanol–water partition coefficient (Wildman–Crippen LogP) is 4.85. The number of rotatable bonds is 4. The smallest absolute Gasteiger partial charge is 0.0832 e. The van der Waals surface area contributed by atoms with Crippen molar-refractivity contribution in [1.82, 2.24) is 0 Å². The lowest BCUT2D eigenvalue weighted by atomic mass is 9.68. The maximum Gasteiger partial charge on any atom is 0.0832 e. The molecule has 21 heavy (non-hydrogen) atoms. The summed E-state index contributed by atoms with van der Waals surface area (Å²) < 4.78 is 5.88. The Bertz CT molecular complexity index is 492. The minimum atomic E-state index is -0.249. The number of ether oxygens (including phenoxy) is 1. The Morgan fingerprint density at radius 3 is 2.38 bits per heavy atom. The lowest BCUT2D eigenvalue weighted by molar-refractivity contribution is -0.0781. The van der Waals surface area contributed by atoms with Gasteiger partial charge in [-0.05, 0) is 61.3 Å². The molecule has 1 aromatic rings. The van der Waals surface area contributed by atoms with Crippen molar-refractivity contribution >= 4 is 23.2 Å². The molecule has 2 rings (SSSR count). The van der Waals surface area contributed by atoms with Gasteiger partial charge in [-0.3, -0.25) is 0 Å². The Labute approximate surface area is 137 Å². The zero-order valence-corrected chi connectivity index (χ0v) is 14.6. The van der Waals surface area contributed by atoms with Crippen molar-refractivity contribution in [2.45, 2.75) is 57.6 Å². The van der Waals surface area contributed by atoms with Crippen LogP contribution in [-0.2, 0) is 11.2 Å². The largest absolute Gasteiger partial charge is 0.377 e. The number of hydrogen-bond acceptors (Lipinski definition) is 2. The van der Waals surface area contributed by atoms with Gasteiger partial charge in [0.2, 0.25) is 0 Å². The van der Waals surface area contributed by atoms with Crippen LogP contribution in [-0.4, -0.2) is 18.8 Å².